The molecule has 0 spiro atoms. The standard InChI is InChI=1S/C21H25N5O2S/c1-13(27)10-14-12-28-9-8-26(14)20-18-15-4-2-3-5-17(15)29-21(18)25-19(24-20)16-11-22-6-7-23-16/h6-7,11,13-14,27H,2-5,8-10,12H2,1H3. The van der Waals surface area contributed by atoms with Crippen LogP contribution in [0.5, 0.6) is 0 Å². The molecule has 29 heavy (non-hydrogen) atoms. The number of aromatic nitrogens is 4. The van der Waals surface area contributed by atoms with E-state index in [4.69, 9.17) is 14.7 Å². The Hall–Kier alpha value is -2.16. The number of aryl methyl sites for hydroxylation is 2. The van der Waals surface area contributed by atoms with Gasteiger partial charge in [0.1, 0.15) is 16.3 Å². The maximum Gasteiger partial charge on any atom is 0.183 e. The van der Waals surface area contributed by atoms with E-state index in [-0.39, 0.29) is 6.04 Å². The maximum atomic E-state index is 10.0. The first kappa shape index (κ1) is 18.8. The van der Waals surface area contributed by atoms with Crippen LogP contribution in [0, 0.1) is 0 Å². The first-order chi connectivity index (χ1) is 14.2. The van der Waals surface area contributed by atoms with Crippen molar-refractivity contribution in [3.05, 3.63) is 29.0 Å². The fraction of sp³-hybridized carbons (Fsp3) is 0.524. The molecular formula is C21H25N5O2S. The molecule has 0 saturated carbocycles. The van der Waals surface area contributed by atoms with E-state index in [2.05, 4.69) is 14.9 Å². The van der Waals surface area contributed by atoms with Gasteiger partial charge in [-0.1, -0.05) is 0 Å². The van der Waals surface area contributed by atoms with E-state index < -0.39 is 6.10 Å². The normalized spacial score (nSPS) is 20.6. The number of morpholine rings is 1. The molecule has 152 valence electrons. The monoisotopic (exact) mass is 411 g/mol. The van der Waals surface area contributed by atoms with Crippen LogP contribution in [0.15, 0.2) is 18.6 Å². The maximum absolute atomic E-state index is 10.0. The average molecular weight is 412 g/mol. The van der Waals surface area contributed by atoms with Crippen molar-refractivity contribution in [1.29, 1.82) is 0 Å². The van der Waals surface area contributed by atoms with Crippen LogP contribution in [0.3, 0.4) is 0 Å². The van der Waals surface area contributed by atoms with Crippen molar-refractivity contribution in [2.75, 3.05) is 24.7 Å². The Labute approximate surface area is 173 Å². The number of aliphatic hydroxyl groups excluding tert-OH is 1. The van der Waals surface area contributed by atoms with Gasteiger partial charge in [-0.15, -0.1) is 11.3 Å². The van der Waals surface area contributed by atoms with Crippen molar-refractivity contribution in [2.45, 2.75) is 51.2 Å². The number of ether oxygens (including phenoxy) is 1. The van der Waals surface area contributed by atoms with Gasteiger partial charge in [-0.25, -0.2) is 15.0 Å². The Kier molecular flexibility index (Phi) is 5.15. The highest BCUT2D eigenvalue weighted by atomic mass is 32.1. The van der Waals surface area contributed by atoms with Gasteiger partial charge in [-0.3, -0.25) is 4.98 Å². The third kappa shape index (κ3) is 3.60. The van der Waals surface area contributed by atoms with E-state index in [9.17, 15) is 5.11 Å². The quantitative estimate of drug-likeness (QED) is 0.706. The zero-order valence-electron chi connectivity index (χ0n) is 16.5. The van der Waals surface area contributed by atoms with Crippen LogP contribution >= 0.6 is 11.3 Å². The van der Waals surface area contributed by atoms with E-state index in [1.54, 1.807) is 29.9 Å². The summed E-state index contributed by atoms with van der Waals surface area (Å²) in [4.78, 5) is 23.3. The van der Waals surface area contributed by atoms with Crippen molar-refractivity contribution in [1.82, 2.24) is 19.9 Å². The summed E-state index contributed by atoms with van der Waals surface area (Å²) in [6.07, 6.45) is 9.96. The molecule has 1 N–H and O–H groups in total. The molecule has 3 aromatic rings. The van der Waals surface area contributed by atoms with E-state index in [1.165, 1.54) is 28.7 Å². The number of thiophene rings is 1. The number of aliphatic hydroxyl groups is 1. The molecular weight excluding hydrogens is 386 g/mol. The lowest BCUT2D eigenvalue weighted by atomic mass is 9.96. The number of rotatable bonds is 4. The van der Waals surface area contributed by atoms with Crippen LogP contribution in [-0.2, 0) is 17.6 Å². The van der Waals surface area contributed by atoms with E-state index >= 15 is 0 Å². The van der Waals surface area contributed by atoms with E-state index in [0.29, 0.717) is 31.2 Å². The Morgan fingerprint density at radius 2 is 2.17 bits per heavy atom. The van der Waals surface area contributed by atoms with Crippen molar-refractivity contribution in [2.24, 2.45) is 0 Å². The molecule has 1 fully saturated rings. The molecule has 0 amide bonds. The molecule has 1 aliphatic heterocycles. The lowest BCUT2D eigenvalue weighted by Crippen LogP contribution is -2.47. The van der Waals surface area contributed by atoms with Crippen molar-refractivity contribution in [3.8, 4) is 11.5 Å². The van der Waals surface area contributed by atoms with Crippen LogP contribution in [0.1, 0.15) is 36.6 Å². The van der Waals surface area contributed by atoms with Crippen LogP contribution in [-0.4, -0.2) is 56.9 Å². The lowest BCUT2D eigenvalue weighted by molar-refractivity contribution is 0.0719. The Bertz CT molecular complexity index is 1010. The number of hydrogen-bond acceptors (Lipinski definition) is 8. The zero-order valence-corrected chi connectivity index (χ0v) is 17.4. The third-order valence-corrected chi connectivity index (χ3v) is 6.89. The number of fused-ring (bicyclic) bond motifs is 3. The van der Waals surface area contributed by atoms with Crippen molar-refractivity contribution >= 4 is 27.4 Å². The first-order valence-electron chi connectivity index (χ1n) is 10.3. The summed E-state index contributed by atoms with van der Waals surface area (Å²) in [5, 5.41) is 11.2. The number of anilines is 1. The van der Waals surface area contributed by atoms with E-state index in [0.717, 1.165) is 30.0 Å². The molecule has 0 bridgehead atoms. The lowest BCUT2D eigenvalue weighted by Gasteiger charge is -2.37. The van der Waals surface area contributed by atoms with Crippen LogP contribution in [0.25, 0.3) is 21.7 Å². The molecule has 0 radical (unpaired) electrons. The summed E-state index contributed by atoms with van der Waals surface area (Å²) in [6, 6.07) is 0.0932. The SMILES string of the molecule is CC(O)CC1COCCN1c1nc(-c2cnccn2)nc2sc3c(c12)CCCC3. The smallest absolute Gasteiger partial charge is 0.183 e. The molecule has 0 aromatic carbocycles. The van der Waals surface area contributed by atoms with Gasteiger partial charge in [0, 0.05) is 23.8 Å². The molecule has 5 rings (SSSR count). The summed E-state index contributed by atoms with van der Waals surface area (Å²) < 4.78 is 5.74. The minimum Gasteiger partial charge on any atom is -0.393 e. The fourth-order valence-electron chi connectivity index (χ4n) is 4.40. The van der Waals surface area contributed by atoms with Gasteiger partial charge in [0.05, 0.1) is 36.9 Å². The molecule has 7 nitrogen and oxygen atoms in total. The first-order valence-corrected chi connectivity index (χ1v) is 11.1. The summed E-state index contributed by atoms with van der Waals surface area (Å²) >= 11 is 1.80. The average Bonchev–Trinajstić information content (AvgIpc) is 3.12. The van der Waals surface area contributed by atoms with Gasteiger partial charge < -0.3 is 14.7 Å². The minimum absolute atomic E-state index is 0.0932. The second kappa shape index (κ2) is 7.93. The molecule has 2 unspecified atom stereocenters. The Morgan fingerprint density at radius 1 is 1.28 bits per heavy atom. The highest BCUT2D eigenvalue weighted by Gasteiger charge is 2.30. The number of hydrogen-bond donors (Lipinski definition) is 1. The largest absolute Gasteiger partial charge is 0.393 e. The van der Waals surface area contributed by atoms with Crippen molar-refractivity contribution < 1.29 is 9.84 Å². The predicted octanol–water partition coefficient (Wildman–Crippen LogP) is 3.00. The van der Waals surface area contributed by atoms with Crippen molar-refractivity contribution in [3.63, 3.8) is 0 Å². The molecule has 4 heterocycles. The number of nitrogens with zero attached hydrogens (tertiary/aromatic N) is 5. The third-order valence-electron chi connectivity index (χ3n) is 5.70. The van der Waals surface area contributed by atoms with Crippen LogP contribution in [0.2, 0.25) is 0 Å². The molecule has 1 aliphatic carbocycles. The second-order valence-electron chi connectivity index (χ2n) is 7.86. The topological polar surface area (TPSA) is 84.3 Å². The minimum atomic E-state index is -0.391. The molecule has 2 aliphatic rings. The van der Waals surface area contributed by atoms with Gasteiger partial charge in [0.25, 0.3) is 0 Å². The summed E-state index contributed by atoms with van der Waals surface area (Å²) in [7, 11) is 0. The van der Waals surface area contributed by atoms with Gasteiger partial charge in [0.15, 0.2) is 5.82 Å². The highest BCUT2D eigenvalue weighted by molar-refractivity contribution is 7.19. The van der Waals surface area contributed by atoms with Gasteiger partial charge in [-0.05, 0) is 44.6 Å². The zero-order chi connectivity index (χ0) is 19.8. The van der Waals surface area contributed by atoms with E-state index in [1.807, 2.05) is 6.92 Å². The van der Waals surface area contributed by atoms with Gasteiger partial charge >= 0.3 is 0 Å². The molecule has 8 heteroatoms. The molecule has 3 aromatic heterocycles. The highest BCUT2D eigenvalue weighted by Crippen LogP contribution is 2.41. The predicted molar refractivity (Wildman–Crippen MR) is 113 cm³/mol. The van der Waals surface area contributed by atoms with Gasteiger partial charge in [-0.2, -0.15) is 0 Å². The summed E-state index contributed by atoms with van der Waals surface area (Å²) in [5.41, 5.74) is 2.10. The molecule has 2 atom stereocenters. The Balaban J connectivity index is 1.69. The van der Waals surface area contributed by atoms with Crippen LogP contribution in [0.4, 0.5) is 5.82 Å². The summed E-state index contributed by atoms with van der Waals surface area (Å²) in [6.45, 7) is 3.85. The fourth-order valence-corrected chi connectivity index (χ4v) is 5.65. The van der Waals surface area contributed by atoms with Gasteiger partial charge in [0.2, 0.25) is 0 Å². The Morgan fingerprint density at radius 3 is 3.00 bits per heavy atom. The molecule has 1 saturated heterocycles. The summed E-state index contributed by atoms with van der Waals surface area (Å²) in [5.74, 6) is 1.57. The van der Waals surface area contributed by atoms with Crippen LogP contribution < -0.4 is 4.90 Å². The second-order valence-corrected chi connectivity index (χ2v) is 8.94.